The zero-order chi connectivity index (χ0) is 14.0. The Labute approximate surface area is 129 Å². The molecule has 0 spiro atoms. The molecular weight excluding hydrogens is 316 g/mol. The normalized spacial score (nSPS) is 30.8. The maximum atomic E-state index is 3.88. The van der Waals surface area contributed by atoms with Crippen LogP contribution in [0.3, 0.4) is 0 Å². The quantitative estimate of drug-likeness (QED) is 0.525. The van der Waals surface area contributed by atoms with Crippen LogP contribution in [-0.2, 0) is 10.8 Å². The van der Waals surface area contributed by atoms with Crippen LogP contribution in [0.4, 0.5) is 0 Å². The van der Waals surface area contributed by atoms with Crippen molar-refractivity contribution in [3.63, 3.8) is 0 Å². The first-order valence-electron chi connectivity index (χ1n) is 7.22. The molecular formula is C17H23BrS. The SMILES string of the molecule is CC1Sc2cc3c(cc2C1Br)C(C)(C)CCC3(C)C. The fraction of sp³-hybridized carbons (Fsp3) is 0.647. The van der Waals surface area contributed by atoms with Crippen LogP contribution in [0, 0.1) is 0 Å². The zero-order valence-electron chi connectivity index (χ0n) is 12.5. The van der Waals surface area contributed by atoms with Crippen molar-refractivity contribution >= 4 is 27.7 Å². The van der Waals surface area contributed by atoms with Crippen molar-refractivity contribution in [3.05, 3.63) is 28.8 Å². The van der Waals surface area contributed by atoms with E-state index in [-0.39, 0.29) is 0 Å². The van der Waals surface area contributed by atoms with Crippen LogP contribution in [-0.4, -0.2) is 5.25 Å². The van der Waals surface area contributed by atoms with Gasteiger partial charge in [0.05, 0.1) is 4.83 Å². The van der Waals surface area contributed by atoms with E-state index >= 15 is 0 Å². The lowest BCUT2D eigenvalue weighted by molar-refractivity contribution is 0.331. The molecule has 0 aromatic heterocycles. The predicted octanol–water partition coefficient (Wildman–Crippen LogP) is 5.97. The van der Waals surface area contributed by atoms with Crippen molar-refractivity contribution in [1.82, 2.24) is 0 Å². The maximum absolute atomic E-state index is 3.88. The monoisotopic (exact) mass is 338 g/mol. The average Bonchev–Trinajstić information content (AvgIpc) is 2.60. The Morgan fingerprint density at radius 2 is 1.58 bits per heavy atom. The van der Waals surface area contributed by atoms with Gasteiger partial charge in [-0.25, -0.2) is 0 Å². The summed E-state index contributed by atoms with van der Waals surface area (Å²) in [6.45, 7) is 11.9. The fourth-order valence-corrected chi connectivity index (χ4v) is 5.47. The van der Waals surface area contributed by atoms with Gasteiger partial charge in [-0.1, -0.05) is 56.6 Å². The second-order valence-electron chi connectivity index (χ2n) is 7.43. The summed E-state index contributed by atoms with van der Waals surface area (Å²) in [7, 11) is 0. The average molecular weight is 339 g/mol. The summed E-state index contributed by atoms with van der Waals surface area (Å²) < 4.78 is 0. The summed E-state index contributed by atoms with van der Waals surface area (Å²) in [5, 5.41) is 0.644. The van der Waals surface area contributed by atoms with Crippen molar-refractivity contribution in [2.45, 2.75) is 73.3 Å². The number of rotatable bonds is 0. The van der Waals surface area contributed by atoms with E-state index in [1.807, 2.05) is 11.8 Å². The molecule has 2 heteroatoms. The molecule has 0 nitrogen and oxygen atoms in total. The first-order valence-corrected chi connectivity index (χ1v) is 9.01. The van der Waals surface area contributed by atoms with Gasteiger partial charge in [-0.15, -0.1) is 11.8 Å². The van der Waals surface area contributed by atoms with E-state index in [4.69, 9.17) is 0 Å². The molecule has 2 aliphatic rings. The highest BCUT2D eigenvalue weighted by atomic mass is 79.9. The number of fused-ring (bicyclic) bond motifs is 2. The van der Waals surface area contributed by atoms with Gasteiger partial charge >= 0.3 is 0 Å². The van der Waals surface area contributed by atoms with Gasteiger partial charge in [0, 0.05) is 10.1 Å². The van der Waals surface area contributed by atoms with E-state index in [2.05, 4.69) is 62.7 Å². The van der Waals surface area contributed by atoms with Gasteiger partial charge < -0.3 is 0 Å². The smallest absolute Gasteiger partial charge is 0.0525 e. The minimum atomic E-state index is 0.323. The van der Waals surface area contributed by atoms with Crippen LogP contribution in [0.25, 0.3) is 0 Å². The summed E-state index contributed by atoms with van der Waals surface area (Å²) in [6.07, 6.45) is 2.59. The van der Waals surface area contributed by atoms with E-state index in [9.17, 15) is 0 Å². The zero-order valence-corrected chi connectivity index (χ0v) is 14.9. The predicted molar refractivity (Wildman–Crippen MR) is 88.7 cm³/mol. The molecule has 0 radical (unpaired) electrons. The van der Waals surface area contributed by atoms with Crippen LogP contribution in [0.5, 0.6) is 0 Å². The lowest BCUT2D eigenvalue weighted by Crippen LogP contribution is -2.34. The van der Waals surface area contributed by atoms with Crippen LogP contribution in [0.1, 0.15) is 69.0 Å². The van der Waals surface area contributed by atoms with Crippen LogP contribution >= 0.6 is 27.7 Å². The van der Waals surface area contributed by atoms with Gasteiger partial charge in [0.1, 0.15) is 0 Å². The lowest BCUT2D eigenvalue weighted by atomic mass is 9.63. The molecule has 3 rings (SSSR count). The summed E-state index contributed by atoms with van der Waals surface area (Å²) in [5.74, 6) is 0. The van der Waals surface area contributed by atoms with Crippen molar-refractivity contribution in [3.8, 4) is 0 Å². The molecule has 104 valence electrons. The first kappa shape index (κ1) is 14.0. The Morgan fingerprint density at radius 3 is 2.16 bits per heavy atom. The number of benzene rings is 1. The molecule has 0 saturated carbocycles. The highest BCUT2D eigenvalue weighted by Crippen LogP contribution is 2.54. The van der Waals surface area contributed by atoms with Gasteiger partial charge in [-0.2, -0.15) is 0 Å². The van der Waals surface area contributed by atoms with E-state index < -0.39 is 0 Å². The summed E-state index contributed by atoms with van der Waals surface area (Å²) in [4.78, 5) is 2.01. The fourth-order valence-electron chi connectivity index (χ4n) is 3.44. The topological polar surface area (TPSA) is 0 Å². The minimum absolute atomic E-state index is 0.323. The Kier molecular flexibility index (Phi) is 3.15. The van der Waals surface area contributed by atoms with E-state index in [1.165, 1.54) is 23.3 Å². The molecule has 1 aromatic carbocycles. The summed E-state index contributed by atoms with van der Waals surface area (Å²) >= 11 is 5.90. The number of hydrogen-bond acceptors (Lipinski definition) is 1. The van der Waals surface area contributed by atoms with Crippen LogP contribution in [0.15, 0.2) is 17.0 Å². The molecule has 0 amide bonds. The second-order valence-corrected chi connectivity index (χ2v) is 9.83. The number of alkyl halides is 1. The molecule has 0 bridgehead atoms. The minimum Gasteiger partial charge on any atom is -0.121 e. The first-order chi connectivity index (χ1) is 8.72. The molecule has 0 fully saturated rings. The van der Waals surface area contributed by atoms with Crippen LogP contribution < -0.4 is 0 Å². The van der Waals surface area contributed by atoms with Gasteiger partial charge in [0.25, 0.3) is 0 Å². The van der Waals surface area contributed by atoms with E-state index in [0.717, 1.165) is 0 Å². The number of thioether (sulfide) groups is 1. The van der Waals surface area contributed by atoms with Crippen molar-refractivity contribution in [2.75, 3.05) is 0 Å². The second kappa shape index (κ2) is 4.27. The molecule has 0 saturated heterocycles. The Balaban J connectivity index is 2.22. The molecule has 1 aliphatic heterocycles. The Hall–Kier alpha value is 0.0500. The molecule has 2 atom stereocenters. The van der Waals surface area contributed by atoms with Gasteiger partial charge in [0.2, 0.25) is 0 Å². The maximum Gasteiger partial charge on any atom is 0.0525 e. The van der Waals surface area contributed by atoms with E-state index in [1.54, 1.807) is 11.1 Å². The van der Waals surface area contributed by atoms with Crippen molar-refractivity contribution in [2.24, 2.45) is 0 Å². The number of halogens is 1. The van der Waals surface area contributed by atoms with Crippen LogP contribution in [0.2, 0.25) is 0 Å². The summed E-state index contributed by atoms with van der Waals surface area (Å²) in [5.41, 5.74) is 5.34. The molecule has 0 N–H and O–H groups in total. The molecule has 1 aromatic rings. The third-order valence-corrected chi connectivity index (χ3v) is 7.89. The van der Waals surface area contributed by atoms with Crippen molar-refractivity contribution in [1.29, 1.82) is 0 Å². The van der Waals surface area contributed by atoms with Gasteiger partial charge in [-0.05, 0) is 46.4 Å². The largest absolute Gasteiger partial charge is 0.121 e. The number of hydrogen-bond donors (Lipinski definition) is 0. The molecule has 2 unspecified atom stereocenters. The Morgan fingerprint density at radius 1 is 1.05 bits per heavy atom. The lowest BCUT2D eigenvalue weighted by Gasteiger charge is -2.42. The third kappa shape index (κ3) is 2.10. The van der Waals surface area contributed by atoms with Gasteiger partial charge in [0.15, 0.2) is 0 Å². The molecule has 1 heterocycles. The Bertz CT molecular complexity index is 530. The third-order valence-electron chi connectivity index (χ3n) is 5.01. The van der Waals surface area contributed by atoms with Gasteiger partial charge in [-0.3, -0.25) is 0 Å². The van der Waals surface area contributed by atoms with E-state index in [0.29, 0.717) is 20.9 Å². The van der Waals surface area contributed by atoms with Crippen molar-refractivity contribution < 1.29 is 0 Å². The highest BCUT2D eigenvalue weighted by molar-refractivity contribution is 9.09. The summed E-state index contributed by atoms with van der Waals surface area (Å²) in [6, 6.07) is 5.00. The molecule has 1 aliphatic carbocycles. The molecule has 19 heavy (non-hydrogen) atoms. The standard InChI is InChI=1S/C17H23BrS/c1-10-15(18)11-8-12-13(9-14(11)19-10)17(4,5)7-6-16(12,2)3/h8-10,15H,6-7H2,1-5H3. The highest BCUT2D eigenvalue weighted by Gasteiger charge is 2.39.